The highest BCUT2D eigenvalue weighted by Gasteiger charge is 2.32. The summed E-state index contributed by atoms with van der Waals surface area (Å²) >= 11 is 0. The third-order valence-electron chi connectivity index (χ3n) is 4.02. The van der Waals surface area contributed by atoms with E-state index in [-0.39, 0.29) is 12.0 Å². The summed E-state index contributed by atoms with van der Waals surface area (Å²) in [4.78, 5) is 11.8. The van der Waals surface area contributed by atoms with Crippen molar-refractivity contribution in [2.24, 2.45) is 17.6 Å². The van der Waals surface area contributed by atoms with Crippen molar-refractivity contribution >= 4 is 5.97 Å². The second-order valence-electron chi connectivity index (χ2n) is 5.09. The number of hydrogen-bond donors (Lipinski definition) is 2. The van der Waals surface area contributed by atoms with E-state index in [0.29, 0.717) is 24.4 Å². The molecule has 4 atom stereocenters. The van der Waals surface area contributed by atoms with E-state index in [1.165, 1.54) is 20.0 Å². The van der Waals surface area contributed by atoms with Gasteiger partial charge in [-0.1, -0.05) is 26.7 Å². The fourth-order valence-corrected chi connectivity index (χ4v) is 2.60. The molecule has 0 heterocycles. The maximum absolute atomic E-state index is 11.8. The minimum atomic E-state index is -0.192. The van der Waals surface area contributed by atoms with Crippen LogP contribution in [0.4, 0.5) is 0 Å². The van der Waals surface area contributed by atoms with Crippen LogP contribution < -0.4 is 11.1 Å². The number of carbonyl (C=O) groups is 1. The van der Waals surface area contributed by atoms with Gasteiger partial charge in [-0.25, -0.2) is 0 Å². The van der Waals surface area contributed by atoms with E-state index < -0.39 is 0 Å². The van der Waals surface area contributed by atoms with Gasteiger partial charge in [0.15, 0.2) is 0 Å². The molecule has 17 heavy (non-hydrogen) atoms. The lowest BCUT2D eigenvalue weighted by atomic mass is 9.96. The Morgan fingerprint density at radius 3 is 2.76 bits per heavy atom. The van der Waals surface area contributed by atoms with Gasteiger partial charge in [-0.3, -0.25) is 4.79 Å². The van der Waals surface area contributed by atoms with Crippen molar-refractivity contribution in [1.82, 2.24) is 5.32 Å². The molecule has 0 spiro atoms. The Morgan fingerprint density at radius 1 is 1.53 bits per heavy atom. The minimum absolute atomic E-state index is 0.151. The third-order valence-corrected chi connectivity index (χ3v) is 4.02. The van der Waals surface area contributed by atoms with E-state index in [1.54, 1.807) is 0 Å². The van der Waals surface area contributed by atoms with Gasteiger partial charge in [0.1, 0.15) is 6.04 Å². The minimum Gasteiger partial charge on any atom is -0.468 e. The lowest BCUT2D eigenvalue weighted by Gasteiger charge is -2.28. The molecule has 0 bridgehead atoms. The molecule has 4 heteroatoms. The highest BCUT2D eigenvalue weighted by atomic mass is 16.5. The first-order valence-corrected chi connectivity index (χ1v) is 6.67. The van der Waals surface area contributed by atoms with Crippen molar-refractivity contribution in [3.8, 4) is 0 Å². The number of nitrogens with one attached hydrogen (secondary N) is 1. The first-order valence-electron chi connectivity index (χ1n) is 6.67. The highest BCUT2D eigenvalue weighted by molar-refractivity contribution is 5.76. The molecule has 1 aliphatic rings. The zero-order valence-corrected chi connectivity index (χ0v) is 11.2. The first kappa shape index (κ1) is 14.5. The molecule has 1 aliphatic carbocycles. The zero-order valence-electron chi connectivity index (χ0n) is 11.2. The Balaban J connectivity index is 2.62. The molecule has 0 aliphatic heterocycles. The molecule has 4 unspecified atom stereocenters. The number of methoxy groups -OCH3 is 1. The van der Waals surface area contributed by atoms with Crippen molar-refractivity contribution < 1.29 is 9.53 Å². The zero-order chi connectivity index (χ0) is 12.8. The fourth-order valence-electron chi connectivity index (χ4n) is 2.60. The van der Waals surface area contributed by atoms with Crippen LogP contribution in [-0.2, 0) is 9.53 Å². The molecule has 1 rings (SSSR count). The van der Waals surface area contributed by atoms with Crippen LogP contribution in [0.15, 0.2) is 0 Å². The van der Waals surface area contributed by atoms with Gasteiger partial charge in [0.05, 0.1) is 7.11 Å². The molecule has 0 amide bonds. The summed E-state index contributed by atoms with van der Waals surface area (Å²) in [6.45, 7) is 4.88. The van der Waals surface area contributed by atoms with Gasteiger partial charge in [0.25, 0.3) is 0 Å². The summed E-state index contributed by atoms with van der Waals surface area (Å²) in [5.41, 5.74) is 5.76. The monoisotopic (exact) mass is 242 g/mol. The van der Waals surface area contributed by atoms with Gasteiger partial charge in [-0.2, -0.15) is 0 Å². The van der Waals surface area contributed by atoms with Gasteiger partial charge in [-0.15, -0.1) is 0 Å². The molecule has 0 saturated heterocycles. The van der Waals surface area contributed by atoms with E-state index in [0.717, 1.165) is 12.8 Å². The lowest BCUT2D eigenvalue weighted by Crippen LogP contribution is -2.49. The standard InChI is InChI=1S/C13H26N2O2/c1-4-9(2)12(13(16)17-3)15-11-7-5-6-10(11)8-14/h9-12,15H,4-8,14H2,1-3H3. The van der Waals surface area contributed by atoms with E-state index in [9.17, 15) is 4.79 Å². The van der Waals surface area contributed by atoms with Crippen molar-refractivity contribution in [2.75, 3.05) is 13.7 Å². The average molecular weight is 242 g/mol. The fraction of sp³-hybridized carbons (Fsp3) is 0.923. The first-order chi connectivity index (χ1) is 8.13. The van der Waals surface area contributed by atoms with Crippen LogP contribution >= 0.6 is 0 Å². The van der Waals surface area contributed by atoms with E-state index >= 15 is 0 Å². The van der Waals surface area contributed by atoms with Crippen LogP contribution in [0.1, 0.15) is 39.5 Å². The summed E-state index contributed by atoms with van der Waals surface area (Å²) in [7, 11) is 1.45. The van der Waals surface area contributed by atoms with Crippen LogP contribution in [0.3, 0.4) is 0 Å². The molecule has 0 radical (unpaired) electrons. The Kier molecular flexibility index (Phi) is 5.92. The summed E-state index contributed by atoms with van der Waals surface area (Å²) in [5, 5.41) is 3.46. The largest absolute Gasteiger partial charge is 0.468 e. The van der Waals surface area contributed by atoms with Crippen LogP contribution in [0, 0.1) is 11.8 Å². The smallest absolute Gasteiger partial charge is 0.323 e. The van der Waals surface area contributed by atoms with Gasteiger partial charge < -0.3 is 15.8 Å². The molecule has 1 fully saturated rings. The predicted molar refractivity (Wildman–Crippen MR) is 68.6 cm³/mol. The number of hydrogen-bond acceptors (Lipinski definition) is 4. The van der Waals surface area contributed by atoms with Crippen LogP contribution in [0.5, 0.6) is 0 Å². The topological polar surface area (TPSA) is 64.3 Å². The third kappa shape index (κ3) is 3.68. The number of rotatable bonds is 6. The normalized spacial score (nSPS) is 27.8. The number of ether oxygens (including phenoxy) is 1. The van der Waals surface area contributed by atoms with E-state index in [1.807, 2.05) is 0 Å². The van der Waals surface area contributed by atoms with E-state index in [4.69, 9.17) is 10.5 Å². The second kappa shape index (κ2) is 6.97. The Labute approximate surface area is 104 Å². The highest BCUT2D eigenvalue weighted by Crippen LogP contribution is 2.26. The lowest BCUT2D eigenvalue weighted by molar-refractivity contribution is -0.144. The number of nitrogens with two attached hydrogens (primary N) is 1. The van der Waals surface area contributed by atoms with Crippen LogP contribution in [0.2, 0.25) is 0 Å². The summed E-state index contributed by atoms with van der Waals surface area (Å²) < 4.78 is 4.88. The van der Waals surface area contributed by atoms with Gasteiger partial charge in [0.2, 0.25) is 0 Å². The summed E-state index contributed by atoms with van der Waals surface area (Å²) in [6, 6.07) is 0.181. The maximum atomic E-state index is 11.8. The molecule has 1 saturated carbocycles. The molecular weight excluding hydrogens is 216 g/mol. The average Bonchev–Trinajstić information content (AvgIpc) is 2.81. The van der Waals surface area contributed by atoms with E-state index in [2.05, 4.69) is 19.2 Å². The van der Waals surface area contributed by atoms with Crippen LogP contribution in [-0.4, -0.2) is 31.7 Å². The molecule has 0 aromatic rings. The molecule has 3 N–H and O–H groups in total. The van der Waals surface area contributed by atoms with Crippen molar-refractivity contribution in [1.29, 1.82) is 0 Å². The maximum Gasteiger partial charge on any atom is 0.323 e. The van der Waals surface area contributed by atoms with Crippen LogP contribution in [0.25, 0.3) is 0 Å². The Hall–Kier alpha value is -0.610. The van der Waals surface area contributed by atoms with Crippen molar-refractivity contribution in [2.45, 2.75) is 51.6 Å². The molecular formula is C13H26N2O2. The quantitative estimate of drug-likeness (QED) is 0.689. The number of carbonyl (C=O) groups excluding carboxylic acids is 1. The SMILES string of the molecule is CCC(C)C(NC1CCCC1CN)C(=O)OC. The van der Waals surface area contributed by atoms with Gasteiger partial charge >= 0.3 is 5.97 Å². The molecule has 0 aromatic carbocycles. The van der Waals surface area contributed by atoms with Gasteiger partial charge in [0, 0.05) is 6.04 Å². The van der Waals surface area contributed by atoms with Crippen molar-refractivity contribution in [3.63, 3.8) is 0 Å². The predicted octanol–water partition coefficient (Wildman–Crippen LogP) is 1.29. The number of esters is 1. The summed E-state index contributed by atoms with van der Waals surface area (Å²) in [6.07, 6.45) is 4.45. The molecule has 0 aromatic heterocycles. The van der Waals surface area contributed by atoms with Crippen molar-refractivity contribution in [3.05, 3.63) is 0 Å². The Morgan fingerprint density at radius 2 is 2.24 bits per heavy atom. The molecule has 4 nitrogen and oxygen atoms in total. The Bertz CT molecular complexity index is 246. The summed E-state index contributed by atoms with van der Waals surface area (Å²) in [5.74, 6) is 0.648. The molecule has 100 valence electrons. The second-order valence-corrected chi connectivity index (χ2v) is 5.09. The van der Waals surface area contributed by atoms with Gasteiger partial charge in [-0.05, 0) is 31.2 Å².